The van der Waals surface area contributed by atoms with Crippen LogP contribution in [0.4, 0.5) is 15.8 Å². The molecule has 3 aromatic rings. The average molecular weight is 420 g/mol. The molecule has 0 radical (unpaired) electrons. The highest BCUT2D eigenvalue weighted by Crippen LogP contribution is 2.20. The van der Waals surface area contributed by atoms with E-state index in [0.717, 1.165) is 22.4 Å². The normalized spacial score (nSPS) is 10.5. The molecule has 0 bridgehead atoms. The Bertz CT molecular complexity index is 1050. The summed E-state index contributed by atoms with van der Waals surface area (Å²) in [5.74, 6) is -0.803. The molecular formula is C25H25FN2O3. The molecule has 0 saturated heterocycles. The molecule has 2 amide bonds. The fourth-order valence-corrected chi connectivity index (χ4v) is 3.27. The van der Waals surface area contributed by atoms with Gasteiger partial charge >= 0.3 is 0 Å². The fourth-order valence-electron chi connectivity index (χ4n) is 3.27. The Labute approximate surface area is 181 Å². The molecule has 6 heteroatoms. The minimum absolute atomic E-state index is 0.0242. The largest absolute Gasteiger partial charge is 0.375 e. The number of methoxy groups -OCH3 is 1. The SMILES string of the molecule is COCC(=O)N(Cc1cccc(C)c1)c1ccc(CC(=O)Nc2cccc(F)c2)cc1. The molecule has 160 valence electrons. The number of ether oxygens (including phenoxy) is 1. The van der Waals surface area contributed by atoms with E-state index in [2.05, 4.69) is 5.32 Å². The van der Waals surface area contributed by atoms with Crippen molar-refractivity contribution >= 4 is 23.2 Å². The first kappa shape index (κ1) is 22.2. The predicted octanol–water partition coefficient (Wildman–Crippen LogP) is 4.49. The number of amides is 2. The van der Waals surface area contributed by atoms with Crippen molar-refractivity contribution < 1.29 is 18.7 Å². The molecule has 0 aliphatic carbocycles. The number of halogens is 1. The molecular weight excluding hydrogens is 395 g/mol. The molecule has 5 nitrogen and oxygen atoms in total. The number of nitrogens with zero attached hydrogens (tertiary/aromatic N) is 1. The van der Waals surface area contributed by atoms with Crippen molar-refractivity contribution in [2.45, 2.75) is 19.9 Å². The van der Waals surface area contributed by atoms with Crippen LogP contribution in [0.25, 0.3) is 0 Å². The Morgan fingerprint density at radius 3 is 2.39 bits per heavy atom. The maximum Gasteiger partial charge on any atom is 0.253 e. The molecule has 0 unspecified atom stereocenters. The van der Waals surface area contributed by atoms with E-state index >= 15 is 0 Å². The lowest BCUT2D eigenvalue weighted by Crippen LogP contribution is -2.33. The smallest absolute Gasteiger partial charge is 0.253 e. The van der Waals surface area contributed by atoms with Crippen LogP contribution in [-0.4, -0.2) is 25.5 Å². The van der Waals surface area contributed by atoms with Gasteiger partial charge in [-0.2, -0.15) is 0 Å². The molecule has 0 atom stereocenters. The Hall–Kier alpha value is -3.51. The van der Waals surface area contributed by atoms with Gasteiger partial charge in [0.15, 0.2) is 0 Å². The number of rotatable bonds is 8. The number of carbonyl (C=O) groups excluding carboxylic acids is 2. The molecule has 0 saturated carbocycles. The number of benzene rings is 3. The van der Waals surface area contributed by atoms with Crippen LogP contribution in [0.3, 0.4) is 0 Å². The highest BCUT2D eigenvalue weighted by atomic mass is 19.1. The summed E-state index contributed by atoms with van der Waals surface area (Å²) in [6.45, 7) is 2.40. The van der Waals surface area contributed by atoms with E-state index in [-0.39, 0.29) is 24.8 Å². The van der Waals surface area contributed by atoms with Crippen molar-refractivity contribution in [1.29, 1.82) is 0 Å². The Morgan fingerprint density at radius 2 is 1.71 bits per heavy atom. The summed E-state index contributed by atoms with van der Waals surface area (Å²) in [5.41, 5.74) is 4.06. The standard InChI is InChI=1S/C25H25FN2O3/c1-18-5-3-6-20(13-18)16-28(25(30)17-31-2)23-11-9-19(10-12-23)14-24(29)27-22-8-4-7-21(26)15-22/h3-13,15H,14,16-17H2,1-2H3,(H,27,29). The van der Waals surface area contributed by atoms with E-state index in [1.165, 1.54) is 19.2 Å². The zero-order valence-corrected chi connectivity index (χ0v) is 17.6. The molecule has 3 rings (SSSR count). The zero-order valence-electron chi connectivity index (χ0n) is 17.6. The average Bonchev–Trinajstić information content (AvgIpc) is 2.73. The van der Waals surface area contributed by atoms with Gasteiger partial charge in [0.2, 0.25) is 5.91 Å². The van der Waals surface area contributed by atoms with Crippen LogP contribution in [0.1, 0.15) is 16.7 Å². The lowest BCUT2D eigenvalue weighted by Gasteiger charge is -2.23. The third kappa shape index (κ3) is 6.49. The van der Waals surface area contributed by atoms with Gasteiger partial charge in [-0.05, 0) is 48.4 Å². The van der Waals surface area contributed by atoms with Crippen molar-refractivity contribution in [3.63, 3.8) is 0 Å². The second kappa shape index (κ2) is 10.5. The van der Waals surface area contributed by atoms with Crippen LogP contribution < -0.4 is 10.2 Å². The third-order valence-electron chi connectivity index (χ3n) is 4.71. The van der Waals surface area contributed by atoms with Crippen LogP contribution in [0.5, 0.6) is 0 Å². The molecule has 0 aliphatic rings. The first-order valence-electron chi connectivity index (χ1n) is 9.94. The minimum atomic E-state index is -0.406. The van der Waals surface area contributed by atoms with E-state index in [1.54, 1.807) is 17.0 Å². The number of hydrogen-bond donors (Lipinski definition) is 1. The van der Waals surface area contributed by atoms with Crippen LogP contribution >= 0.6 is 0 Å². The summed E-state index contributed by atoms with van der Waals surface area (Å²) in [5, 5.41) is 2.68. The van der Waals surface area contributed by atoms with E-state index < -0.39 is 5.82 Å². The van der Waals surface area contributed by atoms with Crippen molar-refractivity contribution in [2.24, 2.45) is 0 Å². The van der Waals surface area contributed by atoms with Crippen LogP contribution in [0.15, 0.2) is 72.8 Å². The zero-order chi connectivity index (χ0) is 22.2. The summed E-state index contributed by atoms with van der Waals surface area (Å²) >= 11 is 0. The van der Waals surface area contributed by atoms with Gasteiger partial charge in [-0.15, -0.1) is 0 Å². The van der Waals surface area contributed by atoms with E-state index in [4.69, 9.17) is 4.74 Å². The number of aryl methyl sites for hydroxylation is 1. The molecule has 0 heterocycles. The van der Waals surface area contributed by atoms with Gasteiger partial charge in [0.25, 0.3) is 5.91 Å². The van der Waals surface area contributed by atoms with Gasteiger partial charge in [-0.3, -0.25) is 9.59 Å². The Morgan fingerprint density at radius 1 is 0.968 bits per heavy atom. The van der Waals surface area contributed by atoms with Crippen LogP contribution in [-0.2, 0) is 27.3 Å². The summed E-state index contributed by atoms with van der Waals surface area (Å²) < 4.78 is 18.3. The molecule has 0 aliphatic heterocycles. The Kier molecular flexibility index (Phi) is 7.51. The van der Waals surface area contributed by atoms with Crippen LogP contribution in [0, 0.1) is 12.7 Å². The number of anilines is 2. The molecule has 31 heavy (non-hydrogen) atoms. The van der Waals surface area contributed by atoms with E-state index in [0.29, 0.717) is 12.2 Å². The number of hydrogen-bond acceptors (Lipinski definition) is 3. The van der Waals surface area contributed by atoms with Gasteiger partial charge in [0, 0.05) is 18.5 Å². The fraction of sp³-hybridized carbons (Fsp3) is 0.200. The maximum atomic E-state index is 13.3. The predicted molar refractivity (Wildman–Crippen MR) is 119 cm³/mol. The highest BCUT2D eigenvalue weighted by molar-refractivity contribution is 5.94. The molecule has 0 aromatic heterocycles. The van der Waals surface area contributed by atoms with Gasteiger partial charge in [0.05, 0.1) is 13.0 Å². The molecule has 0 spiro atoms. The molecule has 3 aromatic carbocycles. The Balaban J connectivity index is 1.71. The van der Waals surface area contributed by atoms with Crippen molar-refractivity contribution in [1.82, 2.24) is 0 Å². The van der Waals surface area contributed by atoms with Gasteiger partial charge in [0.1, 0.15) is 12.4 Å². The summed E-state index contributed by atoms with van der Waals surface area (Å²) in [6.07, 6.45) is 0.140. The van der Waals surface area contributed by atoms with Gasteiger partial charge < -0.3 is 15.0 Å². The minimum Gasteiger partial charge on any atom is -0.375 e. The number of carbonyl (C=O) groups is 2. The van der Waals surface area contributed by atoms with Gasteiger partial charge in [-0.25, -0.2) is 4.39 Å². The van der Waals surface area contributed by atoms with E-state index in [9.17, 15) is 14.0 Å². The quantitative estimate of drug-likeness (QED) is 0.584. The summed E-state index contributed by atoms with van der Waals surface area (Å²) in [4.78, 5) is 26.6. The second-order valence-electron chi connectivity index (χ2n) is 7.30. The molecule has 1 N–H and O–H groups in total. The first-order valence-corrected chi connectivity index (χ1v) is 9.94. The lowest BCUT2D eigenvalue weighted by molar-refractivity contribution is -0.122. The lowest BCUT2D eigenvalue weighted by atomic mass is 10.1. The first-order chi connectivity index (χ1) is 14.9. The number of nitrogens with one attached hydrogen (secondary N) is 1. The van der Waals surface area contributed by atoms with E-state index in [1.807, 2.05) is 55.5 Å². The summed E-state index contributed by atoms with van der Waals surface area (Å²) in [6, 6.07) is 21.0. The van der Waals surface area contributed by atoms with Crippen LogP contribution in [0.2, 0.25) is 0 Å². The van der Waals surface area contributed by atoms with Gasteiger partial charge in [-0.1, -0.05) is 48.0 Å². The topological polar surface area (TPSA) is 58.6 Å². The molecule has 0 fully saturated rings. The highest BCUT2D eigenvalue weighted by Gasteiger charge is 2.16. The second-order valence-corrected chi connectivity index (χ2v) is 7.30. The van der Waals surface area contributed by atoms with Crippen molar-refractivity contribution in [3.8, 4) is 0 Å². The van der Waals surface area contributed by atoms with Crippen molar-refractivity contribution in [3.05, 3.63) is 95.3 Å². The summed E-state index contributed by atoms with van der Waals surface area (Å²) in [7, 11) is 1.49. The third-order valence-corrected chi connectivity index (χ3v) is 4.71. The van der Waals surface area contributed by atoms with Crippen molar-refractivity contribution in [2.75, 3.05) is 23.9 Å². The monoisotopic (exact) mass is 420 g/mol. The maximum absolute atomic E-state index is 13.3.